The molecule has 0 aliphatic heterocycles. The van der Waals surface area contributed by atoms with Gasteiger partial charge in [-0.3, -0.25) is 4.79 Å². The van der Waals surface area contributed by atoms with Crippen LogP contribution in [0.25, 0.3) is 11.1 Å². The molecular formula is C16H15FO3. The van der Waals surface area contributed by atoms with Crippen LogP contribution in [0.15, 0.2) is 36.4 Å². The van der Waals surface area contributed by atoms with Gasteiger partial charge in [-0.05, 0) is 48.4 Å². The van der Waals surface area contributed by atoms with Crippen LogP contribution in [0.5, 0.6) is 11.5 Å². The quantitative estimate of drug-likeness (QED) is 0.797. The van der Waals surface area contributed by atoms with Crippen molar-refractivity contribution in [2.24, 2.45) is 0 Å². The maximum Gasteiger partial charge on any atom is 0.161 e. The number of hydrogen-bond acceptors (Lipinski definition) is 3. The molecule has 0 atom stereocenters. The molecule has 4 heteroatoms. The van der Waals surface area contributed by atoms with E-state index in [9.17, 15) is 9.18 Å². The fourth-order valence-electron chi connectivity index (χ4n) is 2.07. The Morgan fingerprint density at radius 3 is 2.30 bits per heavy atom. The Balaban J connectivity index is 2.61. The summed E-state index contributed by atoms with van der Waals surface area (Å²) in [7, 11) is 3.07. The van der Waals surface area contributed by atoms with Crippen LogP contribution in [0.2, 0.25) is 0 Å². The lowest BCUT2D eigenvalue weighted by Gasteiger charge is -2.12. The van der Waals surface area contributed by atoms with Crippen molar-refractivity contribution in [3.8, 4) is 22.6 Å². The van der Waals surface area contributed by atoms with Gasteiger partial charge in [0.1, 0.15) is 5.82 Å². The van der Waals surface area contributed by atoms with Crippen molar-refractivity contribution in [3.05, 3.63) is 47.8 Å². The number of carbonyl (C=O) groups is 1. The highest BCUT2D eigenvalue weighted by atomic mass is 19.1. The average Bonchev–Trinajstić information content (AvgIpc) is 2.46. The zero-order valence-corrected chi connectivity index (χ0v) is 11.6. The Bertz CT molecular complexity index is 650. The number of ether oxygens (including phenoxy) is 2. The predicted molar refractivity (Wildman–Crippen MR) is 74.9 cm³/mol. The monoisotopic (exact) mass is 274 g/mol. The van der Waals surface area contributed by atoms with E-state index in [2.05, 4.69) is 0 Å². The van der Waals surface area contributed by atoms with Gasteiger partial charge in [-0.25, -0.2) is 4.39 Å². The molecule has 0 spiro atoms. The summed E-state index contributed by atoms with van der Waals surface area (Å²) >= 11 is 0. The highest BCUT2D eigenvalue weighted by Crippen LogP contribution is 2.34. The molecule has 0 saturated carbocycles. The minimum atomic E-state index is -0.389. The van der Waals surface area contributed by atoms with Crippen LogP contribution in [-0.4, -0.2) is 20.0 Å². The topological polar surface area (TPSA) is 35.5 Å². The largest absolute Gasteiger partial charge is 0.493 e. The number of halogens is 1. The normalized spacial score (nSPS) is 10.2. The van der Waals surface area contributed by atoms with E-state index in [1.807, 2.05) is 0 Å². The molecule has 2 aromatic carbocycles. The van der Waals surface area contributed by atoms with Crippen LogP contribution in [0, 0.1) is 5.82 Å². The van der Waals surface area contributed by atoms with Gasteiger partial charge in [0.05, 0.1) is 14.2 Å². The molecular weight excluding hydrogens is 259 g/mol. The smallest absolute Gasteiger partial charge is 0.161 e. The first-order chi connectivity index (χ1) is 9.56. The first kappa shape index (κ1) is 14.1. The van der Waals surface area contributed by atoms with Gasteiger partial charge < -0.3 is 9.47 Å². The zero-order chi connectivity index (χ0) is 14.7. The van der Waals surface area contributed by atoms with Crippen molar-refractivity contribution in [2.75, 3.05) is 14.2 Å². The summed E-state index contributed by atoms with van der Waals surface area (Å²) in [6.45, 7) is 1.46. The first-order valence-corrected chi connectivity index (χ1v) is 6.09. The number of rotatable bonds is 4. The Morgan fingerprint density at radius 1 is 1.00 bits per heavy atom. The summed E-state index contributed by atoms with van der Waals surface area (Å²) in [5, 5.41) is 0. The fraction of sp³-hybridized carbons (Fsp3) is 0.188. The lowest BCUT2D eigenvalue weighted by molar-refractivity contribution is 0.101. The van der Waals surface area contributed by atoms with Gasteiger partial charge in [0.15, 0.2) is 17.3 Å². The molecule has 104 valence electrons. The van der Waals surface area contributed by atoms with E-state index in [0.29, 0.717) is 28.2 Å². The van der Waals surface area contributed by atoms with Crippen LogP contribution < -0.4 is 9.47 Å². The van der Waals surface area contributed by atoms with Gasteiger partial charge in [-0.1, -0.05) is 6.07 Å². The lowest BCUT2D eigenvalue weighted by Crippen LogP contribution is -1.98. The van der Waals surface area contributed by atoms with E-state index in [1.165, 1.54) is 32.2 Å². The standard InChI is InChI=1S/C16H15FO3/c1-10(18)13-6-5-12(17)9-14(13)11-4-7-15(19-2)16(8-11)20-3/h4-9H,1-3H3. The summed E-state index contributed by atoms with van der Waals surface area (Å²) in [4.78, 5) is 11.7. The molecule has 20 heavy (non-hydrogen) atoms. The Morgan fingerprint density at radius 2 is 1.70 bits per heavy atom. The van der Waals surface area contributed by atoms with Gasteiger partial charge in [-0.2, -0.15) is 0 Å². The fourth-order valence-corrected chi connectivity index (χ4v) is 2.07. The number of Topliss-reactive ketones (excluding diaryl/α,β-unsaturated/α-hetero) is 1. The molecule has 2 rings (SSSR count). The van der Waals surface area contributed by atoms with Gasteiger partial charge in [-0.15, -0.1) is 0 Å². The van der Waals surface area contributed by atoms with Crippen LogP contribution in [0.4, 0.5) is 4.39 Å². The SMILES string of the molecule is COc1ccc(-c2cc(F)ccc2C(C)=O)cc1OC. The van der Waals surface area contributed by atoms with Gasteiger partial charge >= 0.3 is 0 Å². The van der Waals surface area contributed by atoms with Gasteiger partial charge in [0, 0.05) is 5.56 Å². The van der Waals surface area contributed by atoms with Crippen LogP contribution in [0.1, 0.15) is 17.3 Å². The molecule has 0 radical (unpaired) electrons. The molecule has 0 aliphatic rings. The molecule has 3 nitrogen and oxygen atoms in total. The number of carbonyl (C=O) groups excluding carboxylic acids is 1. The van der Waals surface area contributed by atoms with Crippen LogP contribution in [0.3, 0.4) is 0 Å². The second-order valence-electron chi connectivity index (χ2n) is 4.32. The van der Waals surface area contributed by atoms with Crippen molar-refractivity contribution < 1.29 is 18.7 Å². The first-order valence-electron chi connectivity index (χ1n) is 6.09. The Labute approximate surface area is 117 Å². The third kappa shape index (κ3) is 2.64. The maximum atomic E-state index is 13.5. The second kappa shape index (κ2) is 5.74. The lowest BCUT2D eigenvalue weighted by atomic mass is 9.97. The minimum Gasteiger partial charge on any atom is -0.493 e. The zero-order valence-electron chi connectivity index (χ0n) is 11.6. The van der Waals surface area contributed by atoms with Crippen LogP contribution >= 0.6 is 0 Å². The van der Waals surface area contributed by atoms with Crippen molar-refractivity contribution in [1.29, 1.82) is 0 Å². The number of methoxy groups -OCH3 is 2. The highest BCUT2D eigenvalue weighted by Gasteiger charge is 2.13. The third-order valence-electron chi connectivity index (χ3n) is 3.06. The molecule has 0 aromatic heterocycles. The molecule has 0 bridgehead atoms. The van der Waals surface area contributed by atoms with Gasteiger partial charge in [0.25, 0.3) is 0 Å². The third-order valence-corrected chi connectivity index (χ3v) is 3.06. The molecule has 2 aromatic rings. The summed E-state index contributed by atoms with van der Waals surface area (Å²) < 4.78 is 23.8. The van der Waals surface area contributed by atoms with Crippen molar-refractivity contribution in [2.45, 2.75) is 6.92 Å². The summed E-state index contributed by atoms with van der Waals surface area (Å²) in [5.41, 5.74) is 1.71. The van der Waals surface area contributed by atoms with E-state index in [0.717, 1.165) is 0 Å². The van der Waals surface area contributed by atoms with E-state index >= 15 is 0 Å². The maximum absolute atomic E-state index is 13.5. The molecule has 0 unspecified atom stereocenters. The minimum absolute atomic E-state index is 0.116. The van der Waals surface area contributed by atoms with E-state index in [4.69, 9.17) is 9.47 Å². The van der Waals surface area contributed by atoms with Gasteiger partial charge in [0.2, 0.25) is 0 Å². The number of ketones is 1. The second-order valence-corrected chi connectivity index (χ2v) is 4.32. The molecule has 0 fully saturated rings. The van der Waals surface area contributed by atoms with Crippen molar-refractivity contribution >= 4 is 5.78 Å². The van der Waals surface area contributed by atoms with E-state index < -0.39 is 0 Å². The number of benzene rings is 2. The molecule has 0 heterocycles. The number of hydrogen-bond donors (Lipinski definition) is 0. The molecule has 0 amide bonds. The summed E-state index contributed by atoms with van der Waals surface area (Å²) in [5.74, 6) is 0.607. The summed E-state index contributed by atoms with van der Waals surface area (Å²) in [6, 6.07) is 9.33. The predicted octanol–water partition coefficient (Wildman–Crippen LogP) is 3.71. The van der Waals surface area contributed by atoms with E-state index in [-0.39, 0.29) is 11.6 Å². The van der Waals surface area contributed by atoms with Crippen molar-refractivity contribution in [1.82, 2.24) is 0 Å². The average molecular weight is 274 g/mol. The molecule has 0 aliphatic carbocycles. The Hall–Kier alpha value is -2.36. The van der Waals surface area contributed by atoms with Crippen LogP contribution in [-0.2, 0) is 0 Å². The highest BCUT2D eigenvalue weighted by molar-refractivity contribution is 6.00. The molecule has 0 saturated heterocycles. The Kier molecular flexibility index (Phi) is 4.03. The molecule has 0 N–H and O–H groups in total. The van der Waals surface area contributed by atoms with Crippen molar-refractivity contribution in [3.63, 3.8) is 0 Å². The van der Waals surface area contributed by atoms with E-state index in [1.54, 1.807) is 25.3 Å². The summed E-state index contributed by atoms with van der Waals surface area (Å²) in [6.07, 6.45) is 0.